The van der Waals surface area contributed by atoms with E-state index in [1.165, 1.54) is 0 Å². The third kappa shape index (κ3) is 4.18. The average molecular weight is 323 g/mol. The third-order valence-corrected chi connectivity index (χ3v) is 2.97. The second-order valence-electron chi connectivity index (χ2n) is 3.97. The third-order valence-electron chi connectivity index (χ3n) is 2.44. The average Bonchev–Trinajstić information content (AvgIpc) is 2.38. The van der Waals surface area contributed by atoms with Crippen molar-refractivity contribution in [3.05, 3.63) is 40.6 Å². The van der Waals surface area contributed by atoms with Gasteiger partial charge in [0.1, 0.15) is 17.5 Å². The number of methoxy groups -OCH3 is 1. The predicted molar refractivity (Wildman–Crippen MR) is 79.4 cm³/mol. The van der Waals surface area contributed by atoms with Gasteiger partial charge < -0.3 is 15.8 Å². The summed E-state index contributed by atoms with van der Waals surface area (Å²) in [5.74, 6) is 1.79. The molecule has 5 nitrogen and oxygen atoms in total. The lowest BCUT2D eigenvalue weighted by Crippen LogP contribution is -2.06. The van der Waals surface area contributed by atoms with Gasteiger partial charge in [0.2, 0.25) is 0 Å². The van der Waals surface area contributed by atoms with E-state index < -0.39 is 0 Å². The highest BCUT2D eigenvalue weighted by Gasteiger charge is 2.03. The fourth-order valence-corrected chi connectivity index (χ4v) is 1.83. The normalized spacial score (nSPS) is 10.4. The van der Waals surface area contributed by atoms with Crippen LogP contribution in [-0.4, -0.2) is 23.7 Å². The molecule has 0 fully saturated rings. The molecule has 0 spiro atoms. The zero-order chi connectivity index (χ0) is 13.7. The molecule has 0 aliphatic rings. The van der Waals surface area contributed by atoms with Crippen LogP contribution in [0.2, 0.25) is 0 Å². The number of nitrogens with zero attached hydrogens (tertiary/aromatic N) is 2. The molecule has 1 heterocycles. The molecule has 0 unspecified atom stereocenters. The first kappa shape index (κ1) is 13.8. The molecule has 0 aliphatic heterocycles. The Balaban J connectivity index is 2.15. The minimum Gasteiger partial charge on any atom is -0.384 e. The first-order valence-corrected chi connectivity index (χ1v) is 6.61. The summed E-state index contributed by atoms with van der Waals surface area (Å²) in [5, 5.41) is 3.20. The first-order chi connectivity index (χ1) is 9.17. The molecule has 3 N–H and O–H groups in total. The summed E-state index contributed by atoms with van der Waals surface area (Å²) in [7, 11) is 1.65. The summed E-state index contributed by atoms with van der Waals surface area (Å²) in [6.07, 6.45) is 0.635. The standard InChI is InChI=1S/C13H15BrN4O/c1-19-7-6-12-17-11(15)8-13(18-12)16-10-4-2-9(14)3-5-10/h2-5,8H,6-7H2,1H3,(H3,15,16,17,18). The van der Waals surface area contributed by atoms with Crippen molar-refractivity contribution < 1.29 is 4.74 Å². The van der Waals surface area contributed by atoms with Gasteiger partial charge in [-0.1, -0.05) is 15.9 Å². The zero-order valence-electron chi connectivity index (χ0n) is 10.6. The van der Waals surface area contributed by atoms with E-state index in [0.717, 1.165) is 10.2 Å². The van der Waals surface area contributed by atoms with Crippen molar-refractivity contribution in [1.82, 2.24) is 9.97 Å². The molecule has 2 aromatic rings. The molecule has 0 bridgehead atoms. The Morgan fingerprint density at radius 3 is 2.68 bits per heavy atom. The molecule has 0 aliphatic carbocycles. The van der Waals surface area contributed by atoms with E-state index in [1.807, 2.05) is 24.3 Å². The van der Waals surface area contributed by atoms with Crippen LogP contribution < -0.4 is 11.1 Å². The van der Waals surface area contributed by atoms with Gasteiger partial charge in [-0.15, -0.1) is 0 Å². The Kier molecular flexibility index (Phi) is 4.70. The maximum absolute atomic E-state index is 5.77. The van der Waals surface area contributed by atoms with E-state index in [2.05, 4.69) is 31.2 Å². The highest BCUT2D eigenvalue weighted by atomic mass is 79.9. The van der Waals surface area contributed by atoms with E-state index >= 15 is 0 Å². The molecule has 1 aromatic heterocycles. The van der Waals surface area contributed by atoms with E-state index in [9.17, 15) is 0 Å². The summed E-state index contributed by atoms with van der Waals surface area (Å²) in [4.78, 5) is 8.56. The van der Waals surface area contributed by atoms with Gasteiger partial charge in [-0.2, -0.15) is 0 Å². The van der Waals surface area contributed by atoms with Gasteiger partial charge in [-0.25, -0.2) is 9.97 Å². The minimum atomic E-state index is 0.445. The Morgan fingerprint density at radius 2 is 2.00 bits per heavy atom. The molecule has 0 saturated heterocycles. The van der Waals surface area contributed by atoms with E-state index in [0.29, 0.717) is 30.5 Å². The van der Waals surface area contributed by atoms with Gasteiger partial charge in [0.05, 0.1) is 6.61 Å². The highest BCUT2D eigenvalue weighted by molar-refractivity contribution is 9.10. The Morgan fingerprint density at radius 1 is 1.26 bits per heavy atom. The molecule has 0 saturated carbocycles. The van der Waals surface area contributed by atoms with E-state index in [1.54, 1.807) is 13.2 Å². The molecule has 0 amide bonds. The second-order valence-corrected chi connectivity index (χ2v) is 4.88. The van der Waals surface area contributed by atoms with Gasteiger partial charge in [0.25, 0.3) is 0 Å². The van der Waals surface area contributed by atoms with Crippen molar-refractivity contribution in [2.45, 2.75) is 6.42 Å². The minimum absolute atomic E-state index is 0.445. The number of ether oxygens (including phenoxy) is 1. The molecule has 19 heavy (non-hydrogen) atoms. The highest BCUT2D eigenvalue weighted by Crippen LogP contribution is 2.19. The fourth-order valence-electron chi connectivity index (χ4n) is 1.57. The number of rotatable bonds is 5. The van der Waals surface area contributed by atoms with Crippen LogP contribution in [0.25, 0.3) is 0 Å². The maximum Gasteiger partial charge on any atom is 0.136 e. The molecule has 2 rings (SSSR count). The SMILES string of the molecule is COCCc1nc(N)cc(Nc2ccc(Br)cc2)n1. The molecule has 100 valence electrons. The monoisotopic (exact) mass is 322 g/mol. The largest absolute Gasteiger partial charge is 0.384 e. The van der Waals surface area contributed by atoms with Gasteiger partial charge in [-0.3, -0.25) is 0 Å². The first-order valence-electron chi connectivity index (χ1n) is 5.82. The molecule has 0 radical (unpaired) electrons. The summed E-state index contributed by atoms with van der Waals surface area (Å²) in [6.45, 7) is 0.571. The van der Waals surface area contributed by atoms with E-state index in [-0.39, 0.29) is 0 Å². The van der Waals surface area contributed by atoms with Crippen LogP contribution in [-0.2, 0) is 11.2 Å². The van der Waals surface area contributed by atoms with Crippen LogP contribution in [0.15, 0.2) is 34.8 Å². The molecular weight excluding hydrogens is 308 g/mol. The quantitative estimate of drug-likeness (QED) is 0.885. The lowest BCUT2D eigenvalue weighted by atomic mass is 10.3. The number of nitrogens with one attached hydrogen (secondary N) is 1. The summed E-state index contributed by atoms with van der Waals surface area (Å²) in [5.41, 5.74) is 6.71. The van der Waals surface area contributed by atoms with Crippen molar-refractivity contribution in [3.63, 3.8) is 0 Å². The summed E-state index contributed by atoms with van der Waals surface area (Å²) in [6, 6.07) is 9.53. The lowest BCUT2D eigenvalue weighted by molar-refractivity contribution is 0.200. The van der Waals surface area contributed by atoms with Crippen molar-refractivity contribution in [2.24, 2.45) is 0 Å². The Labute approximate surface area is 120 Å². The molecular formula is C13H15BrN4O. The van der Waals surface area contributed by atoms with E-state index in [4.69, 9.17) is 10.5 Å². The van der Waals surface area contributed by atoms with Crippen LogP contribution in [0.5, 0.6) is 0 Å². The molecule has 1 aromatic carbocycles. The smallest absolute Gasteiger partial charge is 0.136 e. The zero-order valence-corrected chi connectivity index (χ0v) is 12.1. The second kappa shape index (κ2) is 6.49. The Hall–Kier alpha value is -1.66. The van der Waals surface area contributed by atoms with Gasteiger partial charge in [0, 0.05) is 29.8 Å². The number of nitrogen functional groups attached to an aromatic ring is 1. The van der Waals surface area contributed by atoms with Crippen LogP contribution in [0.1, 0.15) is 5.82 Å². The molecule has 6 heteroatoms. The fraction of sp³-hybridized carbons (Fsp3) is 0.231. The van der Waals surface area contributed by atoms with Crippen molar-refractivity contribution in [2.75, 3.05) is 24.8 Å². The van der Waals surface area contributed by atoms with Crippen LogP contribution in [0.4, 0.5) is 17.3 Å². The number of hydrogen-bond acceptors (Lipinski definition) is 5. The van der Waals surface area contributed by atoms with Gasteiger partial charge >= 0.3 is 0 Å². The number of anilines is 3. The maximum atomic E-state index is 5.77. The van der Waals surface area contributed by atoms with Gasteiger partial charge in [0.15, 0.2) is 0 Å². The number of benzene rings is 1. The lowest BCUT2D eigenvalue weighted by Gasteiger charge is -2.08. The summed E-state index contributed by atoms with van der Waals surface area (Å²) < 4.78 is 6.04. The number of aromatic nitrogens is 2. The van der Waals surface area contributed by atoms with Crippen LogP contribution >= 0.6 is 15.9 Å². The van der Waals surface area contributed by atoms with Gasteiger partial charge in [-0.05, 0) is 24.3 Å². The van der Waals surface area contributed by atoms with Crippen LogP contribution in [0, 0.1) is 0 Å². The van der Waals surface area contributed by atoms with Crippen molar-refractivity contribution in [1.29, 1.82) is 0 Å². The van der Waals surface area contributed by atoms with Crippen molar-refractivity contribution in [3.8, 4) is 0 Å². The Bertz CT molecular complexity index is 545. The summed E-state index contributed by atoms with van der Waals surface area (Å²) >= 11 is 3.40. The molecule has 0 atom stereocenters. The van der Waals surface area contributed by atoms with Crippen molar-refractivity contribution >= 4 is 33.3 Å². The number of hydrogen-bond donors (Lipinski definition) is 2. The predicted octanol–water partition coefficient (Wildman–Crippen LogP) is 2.75. The number of halogens is 1. The topological polar surface area (TPSA) is 73.1 Å². The number of nitrogens with two attached hydrogens (primary N) is 1. The van der Waals surface area contributed by atoms with Crippen LogP contribution in [0.3, 0.4) is 0 Å².